The summed E-state index contributed by atoms with van der Waals surface area (Å²) in [6.07, 6.45) is 20.7. The van der Waals surface area contributed by atoms with Crippen molar-refractivity contribution in [3.05, 3.63) is 0 Å². The van der Waals surface area contributed by atoms with E-state index in [1.165, 1.54) is 77.0 Å². The fourth-order valence-corrected chi connectivity index (χ4v) is 3.92. The van der Waals surface area contributed by atoms with Crippen LogP contribution in [0.1, 0.15) is 136 Å². The lowest BCUT2D eigenvalue weighted by atomic mass is 9.78. The number of unbranched alkanes of at least 4 members (excludes halogenated alkanes) is 15. The zero-order valence-electron chi connectivity index (χ0n) is 18.6. The van der Waals surface area contributed by atoms with Crippen molar-refractivity contribution in [2.45, 2.75) is 136 Å². The van der Waals surface area contributed by atoms with Gasteiger partial charge in [-0.25, -0.2) is 0 Å². The highest BCUT2D eigenvalue weighted by molar-refractivity contribution is 5.98. The van der Waals surface area contributed by atoms with Crippen LogP contribution in [0, 0.1) is 5.41 Å². The van der Waals surface area contributed by atoms with E-state index in [4.69, 9.17) is 0 Å². The highest BCUT2D eigenvalue weighted by Crippen LogP contribution is 2.32. The Kier molecular flexibility index (Phi) is 17.3. The first kappa shape index (κ1) is 26.9. The molecule has 0 bridgehead atoms. The molecule has 4 nitrogen and oxygen atoms in total. The number of carbonyl (C=O) groups is 2. The van der Waals surface area contributed by atoms with Gasteiger partial charge in [0.05, 0.1) is 0 Å². The lowest BCUT2D eigenvalue weighted by molar-refractivity contribution is -0.166. The van der Waals surface area contributed by atoms with E-state index >= 15 is 0 Å². The number of rotatable bonds is 21. The lowest BCUT2D eigenvalue weighted by Gasteiger charge is -2.24. The molecule has 0 atom stereocenters. The van der Waals surface area contributed by atoms with E-state index in [2.05, 4.69) is 6.92 Å². The minimum absolute atomic E-state index is 0.243. The number of aliphatic carboxylic acids is 2. The van der Waals surface area contributed by atoms with Crippen molar-refractivity contribution in [2.24, 2.45) is 5.41 Å². The Hall–Kier alpha value is -1.06. The van der Waals surface area contributed by atoms with Crippen LogP contribution in [0.5, 0.6) is 0 Å². The van der Waals surface area contributed by atoms with Crippen LogP contribution in [0.15, 0.2) is 0 Å². The molecule has 28 heavy (non-hydrogen) atoms. The highest BCUT2D eigenvalue weighted by atomic mass is 16.4. The minimum Gasteiger partial charge on any atom is -0.480 e. The molecule has 0 aromatic carbocycles. The van der Waals surface area contributed by atoms with Crippen molar-refractivity contribution in [1.82, 2.24) is 0 Å². The first-order chi connectivity index (χ1) is 13.5. The summed E-state index contributed by atoms with van der Waals surface area (Å²) in [5.74, 6) is -2.34. The maximum absolute atomic E-state index is 11.6. The van der Waals surface area contributed by atoms with Gasteiger partial charge in [0.15, 0.2) is 5.41 Å². The van der Waals surface area contributed by atoms with Crippen LogP contribution in [0.2, 0.25) is 0 Å². The molecule has 0 heterocycles. The van der Waals surface area contributed by atoms with Crippen LogP contribution in [0.4, 0.5) is 0 Å². The van der Waals surface area contributed by atoms with Gasteiger partial charge in [-0.3, -0.25) is 9.59 Å². The molecule has 166 valence electrons. The number of hydrogen-bond acceptors (Lipinski definition) is 2. The fraction of sp³-hybridized carbons (Fsp3) is 0.917. The normalized spacial score (nSPS) is 11.6. The molecule has 0 amide bonds. The van der Waals surface area contributed by atoms with Crippen LogP contribution in [0.3, 0.4) is 0 Å². The zero-order valence-corrected chi connectivity index (χ0v) is 18.6. The second-order valence-corrected chi connectivity index (χ2v) is 8.50. The summed E-state index contributed by atoms with van der Waals surface area (Å²) >= 11 is 0. The Balaban J connectivity index is 3.66. The molecule has 0 unspecified atom stereocenters. The van der Waals surface area contributed by atoms with Gasteiger partial charge in [0.2, 0.25) is 0 Å². The third-order valence-corrected chi connectivity index (χ3v) is 5.98. The maximum atomic E-state index is 11.6. The third-order valence-electron chi connectivity index (χ3n) is 5.98. The van der Waals surface area contributed by atoms with Gasteiger partial charge in [0, 0.05) is 0 Å². The number of carboxylic acid groups (broad SMARTS) is 2. The van der Waals surface area contributed by atoms with E-state index in [1.54, 1.807) is 0 Å². The van der Waals surface area contributed by atoms with Gasteiger partial charge < -0.3 is 10.2 Å². The SMILES string of the molecule is CCCCCCCCCCCCCCCCCC(CCCC)(C(=O)O)C(=O)O. The summed E-state index contributed by atoms with van der Waals surface area (Å²) in [5, 5.41) is 18.9. The average Bonchev–Trinajstić information content (AvgIpc) is 2.66. The van der Waals surface area contributed by atoms with Gasteiger partial charge in [-0.1, -0.05) is 123 Å². The monoisotopic (exact) mass is 398 g/mol. The molecule has 4 heteroatoms. The van der Waals surface area contributed by atoms with Crippen molar-refractivity contribution in [3.8, 4) is 0 Å². The Morgan fingerprint density at radius 1 is 0.500 bits per heavy atom. The van der Waals surface area contributed by atoms with Gasteiger partial charge >= 0.3 is 11.9 Å². The molecule has 0 aromatic rings. The Morgan fingerprint density at radius 2 is 0.786 bits per heavy atom. The topological polar surface area (TPSA) is 74.6 Å². The molecule has 0 rings (SSSR count). The minimum atomic E-state index is -1.58. The van der Waals surface area contributed by atoms with E-state index in [-0.39, 0.29) is 12.8 Å². The second-order valence-electron chi connectivity index (χ2n) is 8.50. The predicted octanol–water partition coefficient (Wildman–Crippen LogP) is 7.59. The molecule has 0 aromatic heterocycles. The predicted molar refractivity (Wildman–Crippen MR) is 117 cm³/mol. The van der Waals surface area contributed by atoms with E-state index in [1.807, 2.05) is 6.92 Å². The van der Waals surface area contributed by atoms with E-state index in [9.17, 15) is 19.8 Å². The largest absolute Gasteiger partial charge is 0.480 e. The van der Waals surface area contributed by atoms with Gasteiger partial charge in [0.25, 0.3) is 0 Å². The fourth-order valence-electron chi connectivity index (χ4n) is 3.92. The average molecular weight is 399 g/mol. The van der Waals surface area contributed by atoms with E-state index in [0.717, 1.165) is 19.3 Å². The molecule has 0 aliphatic heterocycles. The quantitative estimate of drug-likeness (QED) is 0.154. The molecule has 0 saturated carbocycles. The second kappa shape index (κ2) is 18.0. The van der Waals surface area contributed by atoms with Crippen LogP contribution >= 0.6 is 0 Å². The Bertz CT molecular complexity index is 378. The molecule has 0 fully saturated rings. The molecule has 0 aliphatic carbocycles. The zero-order chi connectivity index (χ0) is 21.1. The highest BCUT2D eigenvalue weighted by Gasteiger charge is 2.45. The van der Waals surface area contributed by atoms with Crippen LogP contribution in [-0.4, -0.2) is 22.2 Å². The van der Waals surface area contributed by atoms with E-state index < -0.39 is 17.4 Å². The summed E-state index contributed by atoms with van der Waals surface area (Å²) in [5.41, 5.74) is -1.58. The van der Waals surface area contributed by atoms with Crippen LogP contribution < -0.4 is 0 Å². The summed E-state index contributed by atoms with van der Waals surface area (Å²) in [7, 11) is 0. The number of hydrogen-bond donors (Lipinski definition) is 2. The Labute approximate surface area is 173 Å². The van der Waals surface area contributed by atoms with Gasteiger partial charge in [0.1, 0.15) is 0 Å². The molecular formula is C24H46O4. The molecule has 0 radical (unpaired) electrons. The summed E-state index contributed by atoms with van der Waals surface area (Å²) in [6, 6.07) is 0. The lowest BCUT2D eigenvalue weighted by Crippen LogP contribution is -2.39. The molecule has 2 N–H and O–H groups in total. The summed E-state index contributed by atoms with van der Waals surface area (Å²) in [4.78, 5) is 23.1. The Morgan fingerprint density at radius 3 is 1.11 bits per heavy atom. The molecule has 0 spiro atoms. The smallest absolute Gasteiger partial charge is 0.321 e. The van der Waals surface area contributed by atoms with Crippen molar-refractivity contribution >= 4 is 11.9 Å². The van der Waals surface area contributed by atoms with Crippen LogP contribution in [-0.2, 0) is 9.59 Å². The first-order valence-electron chi connectivity index (χ1n) is 12.0. The van der Waals surface area contributed by atoms with Crippen LogP contribution in [0.25, 0.3) is 0 Å². The molecular weight excluding hydrogens is 352 g/mol. The van der Waals surface area contributed by atoms with Crippen molar-refractivity contribution in [3.63, 3.8) is 0 Å². The summed E-state index contributed by atoms with van der Waals surface area (Å²) < 4.78 is 0. The van der Waals surface area contributed by atoms with Crippen molar-refractivity contribution in [1.29, 1.82) is 0 Å². The van der Waals surface area contributed by atoms with Gasteiger partial charge in [-0.05, 0) is 12.8 Å². The standard InChI is InChI=1S/C24H46O4/c1-3-5-7-8-9-10-11-12-13-14-15-16-17-18-19-21-24(22(25)26,23(27)28)20-6-4-2/h3-21H2,1-2H3,(H,25,26)(H,27,28). The van der Waals surface area contributed by atoms with E-state index in [0.29, 0.717) is 12.8 Å². The number of carboxylic acids is 2. The third kappa shape index (κ3) is 12.4. The molecule has 0 aliphatic rings. The van der Waals surface area contributed by atoms with Gasteiger partial charge in [-0.15, -0.1) is 0 Å². The molecule has 0 saturated heterocycles. The maximum Gasteiger partial charge on any atom is 0.321 e. The van der Waals surface area contributed by atoms with Crippen molar-refractivity contribution in [2.75, 3.05) is 0 Å². The van der Waals surface area contributed by atoms with Gasteiger partial charge in [-0.2, -0.15) is 0 Å². The summed E-state index contributed by atoms with van der Waals surface area (Å²) in [6.45, 7) is 4.22. The first-order valence-corrected chi connectivity index (χ1v) is 12.0. The van der Waals surface area contributed by atoms with Crippen molar-refractivity contribution < 1.29 is 19.8 Å².